The summed E-state index contributed by atoms with van der Waals surface area (Å²) in [5.74, 6) is 1.68. The monoisotopic (exact) mass is 340 g/mol. The van der Waals surface area contributed by atoms with Crippen LogP contribution in [0.2, 0.25) is 5.02 Å². The van der Waals surface area contributed by atoms with Gasteiger partial charge >= 0.3 is 0 Å². The summed E-state index contributed by atoms with van der Waals surface area (Å²) in [4.78, 5) is 2.33. The fraction of sp³-hybridized carbons (Fsp3) is 0.316. The molecular weight excluding hydrogens is 324 g/mol. The van der Waals surface area contributed by atoms with Gasteiger partial charge in [-0.15, -0.1) is 0 Å². The van der Waals surface area contributed by atoms with Gasteiger partial charge in [-0.05, 0) is 37.1 Å². The van der Waals surface area contributed by atoms with Crippen LogP contribution in [0.4, 0.5) is 5.69 Å². The van der Waals surface area contributed by atoms with Gasteiger partial charge in [-0.25, -0.2) is 0 Å². The third kappa shape index (κ3) is 2.55. The summed E-state index contributed by atoms with van der Waals surface area (Å²) < 4.78 is 11.6. The van der Waals surface area contributed by atoms with Crippen LogP contribution in [0.15, 0.2) is 36.4 Å². The van der Waals surface area contributed by atoms with Gasteiger partial charge in [0.05, 0.1) is 16.6 Å². The summed E-state index contributed by atoms with van der Waals surface area (Å²) in [6.45, 7) is 2.13. The van der Waals surface area contributed by atoms with Crippen molar-refractivity contribution in [3.05, 3.63) is 52.5 Å². The smallest absolute Gasteiger partial charge is 0.166 e. The molecule has 24 heavy (non-hydrogen) atoms. The Morgan fingerprint density at radius 1 is 1.17 bits per heavy atom. The standard InChI is InChI=1S/C19H17ClN2O2/c20-16-11-14(7-6-13(16)12-21)22-8-2-4-17(22)15-3-1-5-18-19(15)24-10-9-23-18/h1,3,5-7,11,17H,2,4,8-10H2. The highest BCUT2D eigenvalue weighted by atomic mass is 35.5. The molecule has 0 bridgehead atoms. The van der Waals surface area contributed by atoms with Gasteiger partial charge in [-0.2, -0.15) is 5.26 Å². The number of nitrogens with zero attached hydrogens (tertiary/aromatic N) is 2. The fourth-order valence-electron chi connectivity index (χ4n) is 3.53. The molecule has 1 unspecified atom stereocenters. The first-order valence-corrected chi connectivity index (χ1v) is 8.50. The van der Waals surface area contributed by atoms with Crippen LogP contribution in [-0.4, -0.2) is 19.8 Å². The van der Waals surface area contributed by atoms with Crippen LogP contribution < -0.4 is 14.4 Å². The summed E-state index contributed by atoms with van der Waals surface area (Å²) in [6, 6.07) is 14.1. The third-order valence-corrected chi connectivity index (χ3v) is 4.93. The molecule has 2 aromatic carbocycles. The van der Waals surface area contributed by atoms with E-state index in [2.05, 4.69) is 17.0 Å². The molecule has 122 valence electrons. The van der Waals surface area contributed by atoms with Crippen molar-refractivity contribution in [3.8, 4) is 17.6 Å². The Morgan fingerprint density at radius 3 is 2.88 bits per heavy atom. The lowest BCUT2D eigenvalue weighted by Gasteiger charge is -2.30. The zero-order valence-electron chi connectivity index (χ0n) is 13.2. The highest BCUT2D eigenvalue weighted by molar-refractivity contribution is 6.32. The van der Waals surface area contributed by atoms with Gasteiger partial charge in [0.2, 0.25) is 0 Å². The molecule has 2 aliphatic heterocycles. The van der Waals surface area contributed by atoms with Crippen LogP contribution >= 0.6 is 11.6 Å². The lowest BCUT2D eigenvalue weighted by Crippen LogP contribution is -2.24. The van der Waals surface area contributed by atoms with E-state index in [-0.39, 0.29) is 6.04 Å². The van der Waals surface area contributed by atoms with Gasteiger partial charge in [0, 0.05) is 17.8 Å². The van der Waals surface area contributed by atoms with Gasteiger partial charge in [0.25, 0.3) is 0 Å². The summed E-state index contributed by atoms with van der Waals surface area (Å²) >= 11 is 6.22. The van der Waals surface area contributed by atoms with Crippen molar-refractivity contribution < 1.29 is 9.47 Å². The van der Waals surface area contributed by atoms with Crippen LogP contribution in [0, 0.1) is 11.3 Å². The third-order valence-electron chi connectivity index (χ3n) is 4.61. The minimum Gasteiger partial charge on any atom is -0.486 e. The zero-order valence-corrected chi connectivity index (χ0v) is 13.9. The lowest BCUT2D eigenvalue weighted by atomic mass is 10.0. The zero-order chi connectivity index (χ0) is 16.5. The quantitative estimate of drug-likeness (QED) is 0.816. The summed E-state index contributed by atoms with van der Waals surface area (Å²) in [5.41, 5.74) is 2.70. The van der Waals surface area contributed by atoms with Gasteiger partial charge in [-0.3, -0.25) is 0 Å². The number of nitriles is 1. The van der Waals surface area contributed by atoms with Gasteiger partial charge in [-0.1, -0.05) is 23.7 Å². The molecule has 5 heteroatoms. The average molecular weight is 341 g/mol. The molecule has 0 saturated carbocycles. The van der Waals surface area contributed by atoms with Gasteiger partial charge < -0.3 is 14.4 Å². The summed E-state index contributed by atoms with van der Waals surface area (Å²) in [5, 5.41) is 9.55. The van der Waals surface area contributed by atoms with Crippen molar-refractivity contribution in [2.45, 2.75) is 18.9 Å². The Balaban J connectivity index is 1.71. The molecule has 0 aliphatic carbocycles. The molecule has 1 atom stereocenters. The van der Waals surface area contributed by atoms with Crippen LogP contribution in [0.3, 0.4) is 0 Å². The molecule has 0 spiro atoms. The van der Waals surface area contributed by atoms with E-state index in [1.807, 2.05) is 24.3 Å². The normalized spacial score (nSPS) is 19.2. The maximum absolute atomic E-state index is 9.06. The summed E-state index contributed by atoms with van der Waals surface area (Å²) in [7, 11) is 0. The van der Waals surface area contributed by atoms with Crippen molar-refractivity contribution in [2.24, 2.45) is 0 Å². The van der Waals surface area contributed by atoms with Crippen molar-refractivity contribution >= 4 is 17.3 Å². The second-order valence-electron chi connectivity index (χ2n) is 6.00. The van der Waals surface area contributed by atoms with Crippen LogP contribution in [-0.2, 0) is 0 Å². The molecule has 0 amide bonds. The molecule has 2 aliphatic rings. The number of para-hydroxylation sites is 1. The van der Waals surface area contributed by atoms with Crippen LogP contribution in [0.25, 0.3) is 0 Å². The van der Waals surface area contributed by atoms with E-state index in [0.29, 0.717) is 23.8 Å². The largest absolute Gasteiger partial charge is 0.486 e. The van der Waals surface area contributed by atoms with E-state index in [0.717, 1.165) is 42.1 Å². The SMILES string of the molecule is N#Cc1ccc(N2CCCC2c2cccc3c2OCCO3)cc1Cl. The molecule has 2 aromatic rings. The number of ether oxygens (including phenoxy) is 2. The number of anilines is 1. The first-order chi connectivity index (χ1) is 11.8. The highest BCUT2D eigenvalue weighted by Crippen LogP contribution is 2.44. The van der Waals surface area contributed by atoms with E-state index in [1.165, 1.54) is 0 Å². The van der Waals surface area contributed by atoms with Crippen molar-refractivity contribution in [3.63, 3.8) is 0 Å². The first kappa shape index (κ1) is 15.2. The Labute approximate surface area is 146 Å². The van der Waals surface area contributed by atoms with Crippen LogP contribution in [0.5, 0.6) is 11.5 Å². The second kappa shape index (κ2) is 6.26. The van der Waals surface area contributed by atoms with E-state index in [9.17, 15) is 0 Å². The maximum Gasteiger partial charge on any atom is 0.166 e. The van der Waals surface area contributed by atoms with Gasteiger partial charge in [0.1, 0.15) is 19.3 Å². The molecule has 1 fully saturated rings. The number of fused-ring (bicyclic) bond motifs is 1. The van der Waals surface area contributed by atoms with Crippen molar-refractivity contribution in [1.82, 2.24) is 0 Å². The lowest BCUT2D eigenvalue weighted by molar-refractivity contribution is 0.169. The first-order valence-electron chi connectivity index (χ1n) is 8.13. The molecule has 4 rings (SSSR count). The molecular formula is C19H17ClN2O2. The highest BCUT2D eigenvalue weighted by Gasteiger charge is 2.31. The number of hydrogen-bond acceptors (Lipinski definition) is 4. The number of rotatable bonds is 2. The molecule has 0 N–H and O–H groups in total. The topological polar surface area (TPSA) is 45.5 Å². The Kier molecular flexibility index (Phi) is 3.95. The Hall–Kier alpha value is -2.38. The fourth-order valence-corrected chi connectivity index (χ4v) is 3.75. The number of benzene rings is 2. The Morgan fingerprint density at radius 2 is 2.04 bits per heavy atom. The van der Waals surface area contributed by atoms with E-state index >= 15 is 0 Å². The predicted molar refractivity (Wildman–Crippen MR) is 92.9 cm³/mol. The minimum atomic E-state index is 0.227. The molecule has 0 aromatic heterocycles. The average Bonchev–Trinajstić information content (AvgIpc) is 3.10. The Bertz CT molecular complexity index is 815. The summed E-state index contributed by atoms with van der Waals surface area (Å²) in [6.07, 6.45) is 2.16. The van der Waals surface area contributed by atoms with Gasteiger partial charge in [0.15, 0.2) is 11.5 Å². The number of hydrogen-bond donors (Lipinski definition) is 0. The van der Waals surface area contributed by atoms with Crippen molar-refractivity contribution in [1.29, 1.82) is 5.26 Å². The molecule has 2 heterocycles. The molecule has 1 saturated heterocycles. The minimum absolute atomic E-state index is 0.227. The van der Waals surface area contributed by atoms with Crippen molar-refractivity contribution in [2.75, 3.05) is 24.7 Å². The predicted octanol–water partition coefficient (Wildman–Crippen LogP) is 4.32. The maximum atomic E-state index is 9.06. The van der Waals surface area contributed by atoms with E-state index in [1.54, 1.807) is 6.07 Å². The second-order valence-corrected chi connectivity index (χ2v) is 6.41. The van der Waals surface area contributed by atoms with E-state index in [4.69, 9.17) is 26.3 Å². The van der Waals surface area contributed by atoms with Crippen LogP contribution in [0.1, 0.15) is 30.0 Å². The van der Waals surface area contributed by atoms with E-state index < -0.39 is 0 Å². The molecule has 0 radical (unpaired) electrons. The number of halogens is 1. The molecule has 4 nitrogen and oxygen atoms in total.